The van der Waals surface area contributed by atoms with E-state index in [0.29, 0.717) is 0 Å². The van der Waals surface area contributed by atoms with E-state index in [0.717, 1.165) is 24.4 Å². The Balaban J connectivity index is 0.000000213. The first kappa shape index (κ1) is 13.3. The number of hydrogen-bond donors (Lipinski definition) is 2. The van der Waals surface area contributed by atoms with Gasteiger partial charge in [-0.15, -0.1) is 0 Å². The van der Waals surface area contributed by atoms with Crippen molar-refractivity contribution in [3.8, 4) is 0 Å². The maximum absolute atomic E-state index is 9.92. The topological polar surface area (TPSA) is 87.3 Å². The first-order valence-electron chi connectivity index (χ1n) is 4.23. The highest BCUT2D eigenvalue weighted by Crippen LogP contribution is 1.92. The van der Waals surface area contributed by atoms with Crippen molar-refractivity contribution in [2.75, 3.05) is 6.67 Å². The number of allylic oxidation sites excluding steroid dienone is 2. The Kier molecular flexibility index (Phi) is 6.78. The third-order valence-electron chi connectivity index (χ3n) is 1.08. The second-order valence-electron chi connectivity index (χ2n) is 2.65. The number of nitrogens with one attached hydrogen (secondary N) is 2. The maximum Gasteiger partial charge on any atom is 0.338 e. The molecule has 2 rings (SSSR count). The number of hydrogen-bond acceptors (Lipinski definition) is 5. The molecule has 0 amide bonds. The van der Waals surface area contributed by atoms with Gasteiger partial charge in [-0.25, -0.2) is 20.4 Å². The van der Waals surface area contributed by atoms with Crippen LogP contribution in [0, 0.1) is 0 Å². The smallest absolute Gasteiger partial charge is 0.338 e. The molecule has 82 valence electrons. The molecule has 0 aromatic rings. The van der Waals surface area contributed by atoms with Gasteiger partial charge in [0.15, 0.2) is 0 Å². The summed E-state index contributed by atoms with van der Waals surface area (Å²) in [6.07, 6.45) is 3.89. The Hall–Kier alpha value is -1.72. The van der Waals surface area contributed by atoms with Gasteiger partial charge in [0.2, 0.25) is 0 Å². The standard InChI is InChI=1S/C5H8.C4H2O3.CH4N2/c1-4-5(2)3;5-3-1-2-4(6)7-3;1-2-3-1/h4H,1-2H2,3H3;1-2H;2-3H,1H2. The van der Waals surface area contributed by atoms with Crippen LogP contribution in [0.1, 0.15) is 6.92 Å². The third-order valence-corrected chi connectivity index (χ3v) is 1.08. The van der Waals surface area contributed by atoms with Crippen LogP contribution in [0.4, 0.5) is 0 Å². The molecule has 0 aromatic carbocycles. The maximum atomic E-state index is 9.92. The number of cyclic esters (lactones) is 2. The van der Waals surface area contributed by atoms with Gasteiger partial charge in [0.05, 0.1) is 6.67 Å². The van der Waals surface area contributed by atoms with Crippen molar-refractivity contribution >= 4 is 11.9 Å². The molecule has 0 radical (unpaired) electrons. The number of esters is 2. The minimum Gasteiger partial charge on any atom is -0.387 e. The van der Waals surface area contributed by atoms with Crippen LogP contribution in [-0.4, -0.2) is 18.6 Å². The van der Waals surface area contributed by atoms with Gasteiger partial charge in [0, 0.05) is 12.2 Å². The average molecular weight is 210 g/mol. The Labute approximate surface area is 88.5 Å². The van der Waals surface area contributed by atoms with Crippen LogP contribution in [0.3, 0.4) is 0 Å². The highest BCUT2D eigenvalue weighted by Gasteiger charge is 2.10. The fourth-order valence-corrected chi connectivity index (χ4v) is 0.303. The molecule has 15 heavy (non-hydrogen) atoms. The van der Waals surface area contributed by atoms with Crippen molar-refractivity contribution in [3.63, 3.8) is 0 Å². The zero-order chi connectivity index (χ0) is 11.7. The van der Waals surface area contributed by atoms with E-state index in [1.54, 1.807) is 6.08 Å². The number of carbonyl (C=O) groups excluding carboxylic acids is 2. The van der Waals surface area contributed by atoms with Gasteiger partial charge in [-0.05, 0) is 6.92 Å². The van der Waals surface area contributed by atoms with Crippen molar-refractivity contribution in [3.05, 3.63) is 37.0 Å². The Morgan fingerprint density at radius 1 is 1.40 bits per heavy atom. The molecule has 2 aliphatic heterocycles. The van der Waals surface area contributed by atoms with E-state index in [9.17, 15) is 9.59 Å². The second kappa shape index (κ2) is 7.66. The van der Waals surface area contributed by atoms with Crippen LogP contribution < -0.4 is 10.9 Å². The lowest BCUT2D eigenvalue weighted by Crippen LogP contribution is -1.96. The van der Waals surface area contributed by atoms with E-state index in [1.165, 1.54) is 0 Å². The van der Waals surface area contributed by atoms with Gasteiger partial charge in [-0.1, -0.05) is 24.8 Å². The molecule has 5 heteroatoms. The molecule has 0 aromatic heterocycles. The molecule has 0 bridgehead atoms. The van der Waals surface area contributed by atoms with E-state index < -0.39 is 11.9 Å². The summed E-state index contributed by atoms with van der Waals surface area (Å²) in [7, 11) is 0. The zero-order valence-electron chi connectivity index (χ0n) is 8.58. The fourth-order valence-electron chi connectivity index (χ4n) is 0.303. The molecule has 0 atom stereocenters. The number of rotatable bonds is 1. The van der Waals surface area contributed by atoms with Gasteiger partial charge in [-0.3, -0.25) is 0 Å². The molecule has 2 N–H and O–H groups in total. The molecule has 2 heterocycles. The summed E-state index contributed by atoms with van der Waals surface area (Å²) in [6, 6.07) is 0. The molecule has 5 nitrogen and oxygen atoms in total. The summed E-state index contributed by atoms with van der Waals surface area (Å²) >= 11 is 0. The Morgan fingerprint density at radius 3 is 1.80 bits per heavy atom. The quantitative estimate of drug-likeness (QED) is 0.283. The normalized spacial score (nSPS) is 15.3. The summed E-state index contributed by atoms with van der Waals surface area (Å²) in [5.74, 6) is -1.16. The minimum absolute atomic E-state index is 0.579. The zero-order valence-corrected chi connectivity index (χ0v) is 8.58. The predicted octanol–water partition coefficient (Wildman–Crippen LogP) is 0.426. The van der Waals surface area contributed by atoms with E-state index in [4.69, 9.17) is 0 Å². The molecule has 0 unspecified atom stereocenters. The Morgan fingerprint density at radius 2 is 1.73 bits per heavy atom. The van der Waals surface area contributed by atoms with Crippen molar-refractivity contribution < 1.29 is 14.3 Å². The number of carbonyl (C=O) groups is 2. The summed E-state index contributed by atoms with van der Waals surface area (Å²) in [4.78, 5) is 19.8. The summed E-state index contributed by atoms with van der Waals surface area (Å²) < 4.78 is 3.97. The number of ether oxygens (including phenoxy) is 1. The molecule has 0 aliphatic carbocycles. The minimum atomic E-state index is -0.579. The highest BCUT2D eigenvalue weighted by molar-refractivity contribution is 6.04. The van der Waals surface area contributed by atoms with Gasteiger partial charge >= 0.3 is 11.9 Å². The van der Waals surface area contributed by atoms with E-state index in [2.05, 4.69) is 28.7 Å². The van der Waals surface area contributed by atoms with E-state index in [-0.39, 0.29) is 0 Å². The first-order valence-corrected chi connectivity index (χ1v) is 4.23. The van der Waals surface area contributed by atoms with Crippen LogP contribution in [0.25, 0.3) is 0 Å². The molecule has 0 saturated carbocycles. The van der Waals surface area contributed by atoms with Crippen molar-refractivity contribution in [2.45, 2.75) is 6.92 Å². The fraction of sp³-hybridized carbons (Fsp3) is 0.200. The summed E-state index contributed by atoms with van der Waals surface area (Å²) in [5.41, 5.74) is 6.52. The lowest BCUT2D eigenvalue weighted by molar-refractivity contribution is -0.150. The molecular weight excluding hydrogens is 196 g/mol. The lowest BCUT2D eigenvalue weighted by Gasteiger charge is -1.80. The highest BCUT2D eigenvalue weighted by atomic mass is 16.6. The second-order valence-corrected chi connectivity index (χ2v) is 2.65. The first-order chi connectivity index (χ1) is 7.06. The summed E-state index contributed by atoms with van der Waals surface area (Å²) in [5, 5.41) is 0. The van der Waals surface area contributed by atoms with Gasteiger partial charge in [-0.2, -0.15) is 0 Å². The summed E-state index contributed by atoms with van der Waals surface area (Å²) in [6.45, 7) is 9.93. The van der Waals surface area contributed by atoms with Crippen LogP contribution in [-0.2, 0) is 14.3 Å². The van der Waals surface area contributed by atoms with Gasteiger partial charge < -0.3 is 4.74 Å². The monoisotopic (exact) mass is 210 g/mol. The van der Waals surface area contributed by atoms with Crippen LogP contribution in [0.2, 0.25) is 0 Å². The van der Waals surface area contributed by atoms with Crippen molar-refractivity contribution in [1.82, 2.24) is 10.9 Å². The van der Waals surface area contributed by atoms with E-state index >= 15 is 0 Å². The average Bonchev–Trinajstić information content (AvgIpc) is 3.00. The molecule has 1 fully saturated rings. The van der Waals surface area contributed by atoms with E-state index in [1.807, 2.05) is 6.92 Å². The Bertz CT molecular complexity index is 274. The van der Waals surface area contributed by atoms with Crippen molar-refractivity contribution in [2.24, 2.45) is 0 Å². The SMILES string of the molecule is C1NN1.C=CC(=C)C.O=C1C=CC(=O)O1. The molecular formula is C10H14N2O3. The molecule has 2 aliphatic rings. The molecule has 0 spiro atoms. The lowest BCUT2D eigenvalue weighted by atomic mass is 10.4. The van der Waals surface area contributed by atoms with Crippen LogP contribution in [0.15, 0.2) is 37.0 Å². The molecule has 1 saturated heterocycles. The van der Waals surface area contributed by atoms with Crippen molar-refractivity contribution in [1.29, 1.82) is 0 Å². The third kappa shape index (κ3) is 12.3. The van der Waals surface area contributed by atoms with Gasteiger partial charge in [0.25, 0.3) is 0 Å². The van der Waals surface area contributed by atoms with Crippen LogP contribution in [0.5, 0.6) is 0 Å². The van der Waals surface area contributed by atoms with Crippen LogP contribution >= 0.6 is 0 Å². The largest absolute Gasteiger partial charge is 0.387 e. The van der Waals surface area contributed by atoms with Gasteiger partial charge in [0.1, 0.15) is 0 Å². The predicted molar refractivity (Wildman–Crippen MR) is 56.4 cm³/mol. The number of hydrazine groups is 1.